The molecule has 0 aromatic carbocycles. The Hall–Kier alpha value is -0.640. The van der Waals surface area contributed by atoms with Gasteiger partial charge in [0.05, 0.1) is 0 Å². The van der Waals surface area contributed by atoms with Gasteiger partial charge in [-0.05, 0) is 38.1 Å². The van der Waals surface area contributed by atoms with Crippen molar-refractivity contribution in [2.75, 3.05) is 26.7 Å². The minimum atomic E-state index is -4.55. The van der Waals surface area contributed by atoms with Crippen molar-refractivity contribution >= 4 is 21.4 Å². The predicted molar refractivity (Wildman–Crippen MR) is 77.1 cm³/mol. The number of hydrogen-bond donors (Lipinski definition) is 1. The lowest BCUT2D eigenvalue weighted by atomic mass is 10.3. The van der Waals surface area contributed by atoms with Crippen LogP contribution in [0, 0.1) is 0 Å². The largest absolute Gasteiger partial charge is 0.402 e. The topological polar surface area (TPSA) is 49.4 Å². The van der Waals surface area contributed by atoms with Crippen LogP contribution in [-0.2, 0) is 16.4 Å². The molecule has 0 atom stereocenters. The quantitative estimate of drug-likeness (QED) is 0.737. The summed E-state index contributed by atoms with van der Waals surface area (Å²) in [6.45, 7) is 2.15. The number of halogens is 3. The SMILES string of the molecule is CCCNCCc1ccc(S(=O)(=O)N(C)CC(F)(F)F)s1. The first-order valence-electron chi connectivity index (χ1n) is 6.49. The van der Waals surface area contributed by atoms with Gasteiger partial charge in [-0.25, -0.2) is 8.42 Å². The van der Waals surface area contributed by atoms with Gasteiger partial charge >= 0.3 is 6.18 Å². The molecule has 1 aromatic heterocycles. The summed E-state index contributed by atoms with van der Waals surface area (Å²) in [5, 5.41) is 3.18. The molecule has 0 bridgehead atoms. The molecule has 0 aliphatic carbocycles. The highest BCUT2D eigenvalue weighted by Gasteiger charge is 2.35. The molecule has 0 amide bonds. The monoisotopic (exact) mass is 344 g/mol. The minimum Gasteiger partial charge on any atom is -0.316 e. The zero-order valence-corrected chi connectivity index (χ0v) is 13.5. The first-order valence-corrected chi connectivity index (χ1v) is 8.75. The first kappa shape index (κ1) is 18.4. The van der Waals surface area contributed by atoms with E-state index in [0.29, 0.717) is 17.3 Å². The van der Waals surface area contributed by atoms with E-state index in [-0.39, 0.29) is 4.21 Å². The van der Waals surface area contributed by atoms with Crippen LogP contribution >= 0.6 is 11.3 Å². The van der Waals surface area contributed by atoms with Crippen molar-refractivity contribution in [1.82, 2.24) is 9.62 Å². The normalized spacial score (nSPS) is 13.0. The highest BCUT2D eigenvalue weighted by Crippen LogP contribution is 2.26. The van der Waals surface area contributed by atoms with Gasteiger partial charge in [0.2, 0.25) is 0 Å². The molecule has 0 saturated heterocycles. The third-order valence-corrected chi connectivity index (χ3v) is 6.09. The van der Waals surface area contributed by atoms with Crippen molar-refractivity contribution < 1.29 is 21.6 Å². The Morgan fingerprint density at radius 2 is 1.95 bits per heavy atom. The lowest BCUT2D eigenvalue weighted by Crippen LogP contribution is -2.35. The molecule has 0 spiro atoms. The van der Waals surface area contributed by atoms with Gasteiger partial charge in [0, 0.05) is 11.9 Å². The molecule has 1 rings (SSSR count). The maximum atomic E-state index is 12.3. The molecule has 0 fully saturated rings. The van der Waals surface area contributed by atoms with Crippen LogP contribution in [0.4, 0.5) is 13.2 Å². The summed E-state index contributed by atoms with van der Waals surface area (Å²) < 4.78 is 61.2. The van der Waals surface area contributed by atoms with Crippen LogP contribution in [0.3, 0.4) is 0 Å². The van der Waals surface area contributed by atoms with E-state index in [1.54, 1.807) is 6.07 Å². The van der Waals surface area contributed by atoms with Gasteiger partial charge in [0.15, 0.2) is 0 Å². The van der Waals surface area contributed by atoms with Crippen molar-refractivity contribution in [1.29, 1.82) is 0 Å². The summed E-state index contributed by atoms with van der Waals surface area (Å²) in [5.74, 6) is 0. The summed E-state index contributed by atoms with van der Waals surface area (Å²) in [4.78, 5) is 0.831. The Labute approximate surface area is 127 Å². The maximum Gasteiger partial charge on any atom is 0.402 e. The van der Waals surface area contributed by atoms with E-state index in [2.05, 4.69) is 5.32 Å². The zero-order valence-electron chi connectivity index (χ0n) is 11.9. The van der Waals surface area contributed by atoms with Crippen LogP contribution in [0.25, 0.3) is 0 Å². The number of sulfonamides is 1. The number of hydrogen-bond acceptors (Lipinski definition) is 4. The number of thiophene rings is 1. The molecule has 1 heterocycles. The van der Waals surface area contributed by atoms with Gasteiger partial charge in [-0.1, -0.05) is 6.92 Å². The second-order valence-corrected chi connectivity index (χ2v) is 8.04. The van der Waals surface area contributed by atoms with Crippen molar-refractivity contribution in [3.8, 4) is 0 Å². The molecular weight excluding hydrogens is 325 g/mol. The molecule has 4 nitrogen and oxygen atoms in total. The second-order valence-electron chi connectivity index (χ2n) is 4.60. The van der Waals surface area contributed by atoms with E-state index in [0.717, 1.165) is 36.2 Å². The Morgan fingerprint density at radius 1 is 1.29 bits per heavy atom. The number of alkyl halides is 3. The fourth-order valence-corrected chi connectivity index (χ4v) is 4.36. The predicted octanol–water partition coefficient (Wildman–Crippen LogP) is 2.47. The van der Waals surface area contributed by atoms with Gasteiger partial charge < -0.3 is 5.32 Å². The van der Waals surface area contributed by atoms with Gasteiger partial charge in [-0.3, -0.25) is 0 Å². The third kappa shape index (κ3) is 5.93. The van der Waals surface area contributed by atoms with Crippen molar-refractivity contribution in [3.63, 3.8) is 0 Å². The lowest BCUT2D eigenvalue weighted by molar-refractivity contribution is -0.134. The summed E-state index contributed by atoms with van der Waals surface area (Å²) in [6, 6.07) is 3.01. The molecule has 0 aliphatic rings. The van der Waals surface area contributed by atoms with Crippen molar-refractivity contribution in [2.45, 2.75) is 30.2 Å². The smallest absolute Gasteiger partial charge is 0.316 e. The summed E-state index contributed by atoms with van der Waals surface area (Å²) in [6.07, 6.45) is -2.89. The number of nitrogens with one attached hydrogen (secondary N) is 1. The second kappa shape index (κ2) is 7.57. The van der Waals surface area contributed by atoms with Crippen LogP contribution in [0.2, 0.25) is 0 Å². The van der Waals surface area contributed by atoms with Crippen molar-refractivity contribution in [3.05, 3.63) is 17.0 Å². The van der Waals surface area contributed by atoms with E-state index >= 15 is 0 Å². The fourth-order valence-electron chi connectivity index (χ4n) is 1.64. The Bertz CT molecular complexity index is 541. The highest BCUT2D eigenvalue weighted by atomic mass is 32.2. The Morgan fingerprint density at radius 3 is 2.52 bits per heavy atom. The van der Waals surface area contributed by atoms with Gasteiger partial charge in [0.25, 0.3) is 10.0 Å². The Kier molecular flexibility index (Phi) is 6.64. The van der Waals surface area contributed by atoms with Gasteiger partial charge in [0.1, 0.15) is 10.8 Å². The van der Waals surface area contributed by atoms with Gasteiger partial charge in [-0.15, -0.1) is 11.3 Å². The van der Waals surface area contributed by atoms with E-state index in [4.69, 9.17) is 0 Å². The van der Waals surface area contributed by atoms with Crippen molar-refractivity contribution in [2.24, 2.45) is 0 Å². The molecule has 1 aromatic rings. The number of nitrogens with zero attached hydrogens (tertiary/aromatic N) is 1. The number of rotatable bonds is 8. The fraction of sp³-hybridized carbons (Fsp3) is 0.667. The maximum absolute atomic E-state index is 12.3. The van der Waals surface area contributed by atoms with E-state index < -0.39 is 22.7 Å². The standard InChI is InChI=1S/C12H19F3N2O2S2/c1-3-7-16-8-6-10-4-5-11(20-10)21(18,19)17(2)9-12(13,14)15/h4-5,16H,3,6-9H2,1-2H3. The average molecular weight is 344 g/mol. The highest BCUT2D eigenvalue weighted by molar-refractivity contribution is 7.91. The summed E-state index contributed by atoms with van der Waals surface area (Å²) >= 11 is 1.02. The molecule has 1 N–H and O–H groups in total. The average Bonchev–Trinajstić information content (AvgIpc) is 2.82. The zero-order chi connectivity index (χ0) is 16.1. The van der Waals surface area contributed by atoms with Gasteiger partial charge in [-0.2, -0.15) is 17.5 Å². The van der Waals surface area contributed by atoms with Crippen LogP contribution in [0.1, 0.15) is 18.2 Å². The Balaban J connectivity index is 2.70. The van der Waals surface area contributed by atoms with Crippen LogP contribution in [-0.4, -0.2) is 45.6 Å². The molecule has 0 radical (unpaired) electrons. The molecule has 122 valence electrons. The van der Waals surface area contributed by atoms with Crippen LogP contribution in [0.15, 0.2) is 16.3 Å². The molecule has 9 heteroatoms. The summed E-state index contributed by atoms with van der Waals surface area (Å²) in [7, 11) is -3.14. The molecular formula is C12H19F3N2O2S2. The lowest BCUT2D eigenvalue weighted by Gasteiger charge is -2.17. The summed E-state index contributed by atoms with van der Waals surface area (Å²) in [5.41, 5.74) is 0. The third-order valence-electron chi connectivity index (χ3n) is 2.68. The van der Waals surface area contributed by atoms with E-state index in [1.807, 2.05) is 6.92 Å². The molecule has 0 aliphatic heterocycles. The molecule has 0 saturated carbocycles. The van der Waals surface area contributed by atoms with E-state index in [9.17, 15) is 21.6 Å². The molecule has 0 unspecified atom stereocenters. The minimum absolute atomic E-state index is 0.0558. The van der Waals surface area contributed by atoms with Crippen LogP contribution < -0.4 is 5.32 Å². The van der Waals surface area contributed by atoms with E-state index in [1.165, 1.54) is 6.07 Å². The first-order chi connectivity index (χ1) is 9.66. The molecule has 21 heavy (non-hydrogen) atoms. The van der Waals surface area contributed by atoms with Crippen LogP contribution in [0.5, 0.6) is 0 Å².